The van der Waals surface area contributed by atoms with Gasteiger partial charge in [-0.25, -0.2) is 0 Å². The number of halogens is 2. The Balaban J connectivity index is 2.38. The first-order valence-corrected chi connectivity index (χ1v) is 7.82. The molecular formula is C13H13Br2NOS. The fourth-order valence-corrected chi connectivity index (χ4v) is 4.03. The van der Waals surface area contributed by atoms with Crippen LogP contribution in [0.4, 0.5) is 0 Å². The second kappa shape index (κ2) is 6.19. The van der Waals surface area contributed by atoms with Crippen molar-refractivity contribution in [2.75, 3.05) is 14.2 Å². The fourth-order valence-electron chi connectivity index (χ4n) is 1.80. The second-order valence-electron chi connectivity index (χ2n) is 3.77. The van der Waals surface area contributed by atoms with Crippen LogP contribution in [0.2, 0.25) is 0 Å². The summed E-state index contributed by atoms with van der Waals surface area (Å²) in [6, 6.07) is 10.4. The molecule has 0 aliphatic carbocycles. The number of benzene rings is 1. The van der Waals surface area contributed by atoms with Crippen LogP contribution in [0.3, 0.4) is 0 Å². The van der Waals surface area contributed by atoms with Crippen molar-refractivity contribution in [3.05, 3.63) is 49.0 Å². The monoisotopic (exact) mass is 389 g/mol. The zero-order valence-corrected chi connectivity index (χ0v) is 14.0. The summed E-state index contributed by atoms with van der Waals surface area (Å²) in [4.78, 5) is 1.25. The number of rotatable bonds is 4. The molecule has 1 unspecified atom stereocenters. The lowest BCUT2D eigenvalue weighted by molar-refractivity contribution is 0.414. The lowest BCUT2D eigenvalue weighted by Gasteiger charge is -2.15. The van der Waals surface area contributed by atoms with Crippen molar-refractivity contribution in [1.82, 2.24) is 5.32 Å². The molecule has 0 spiro atoms. The number of nitrogens with one attached hydrogen (secondary N) is 1. The largest absolute Gasteiger partial charge is 0.497 e. The highest BCUT2D eigenvalue weighted by Crippen LogP contribution is 2.37. The molecule has 0 saturated heterocycles. The maximum Gasteiger partial charge on any atom is 0.119 e. The Labute approximate surface area is 128 Å². The minimum absolute atomic E-state index is 0.174. The van der Waals surface area contributed by atoms with E-state index in [2.05, 4.69) is 55.4 Å². The molecule has 0 saturated carbocycles. The molecule has 0 fully saturated rings. The van der Waals surface area contributed by atoms with Gasteiger partial charge in [0.25, 0.3) is 0 Å². The van der Waals surface area contributed by atoms with Gasteiger partial charge in [-0.2, -0.15) is 0 Å². The van der Waals surface area contributed by atoms with Gasteiger partial charge in [-0.05, 0) is 62.7 Å². The van der Waals surface area contributed by atoms with Crippen molar-refractivity contribution in [2.24, 2.45) is 0 Å². The summed E-state index contributed by atoms with van der Waals surface area (Å²) in [5, 5.41) is 3.34. The molecule has 96 valence electrons. The van der Waals surface area contributed by atoms with Crippen LogP contribution < -0.4 is 10.1 Å². The number of ether oxygens (including phenoxy) is 1. The van der Waals surface area contributed by atoms with Gasteiger partial charge in [0.2, 0.25) is 0 Å². The van der Waals surface area contributed by atoms with Gasteiger partial charge in [0, 0.05) is 9.35 Å². The van der Waals surface area contributed by atoms with E-state index in [9.17, 15) is 0 Å². The van der Waals surface area contributed by atoms with E-state index < -0.39 is 0 Å². The molecule has 2 rings (SSSR count). The van der Waals surface area contributed by atoms with Crippen molar-refractivity contribution in [1.29, 1.82) is 0 Å². The minimum atomic E-state index is 0.174. The third-order valence-corrected chi connectivity index (χ3v) is 5.99. The van der Waals surface area contributed by atoms with Crippen molar-refractivity contribution in [2.45, 2.75) is 6.04 Å². The van der Waals surface area contributed by atoms with Gasteiger partial charge >= 0.3 is 0 Å². The summed E-state index contributed by atoms with van der Waals surface area (Å²) in [5.41, 5.74) is 1.19. The molecule has 2 nitrogen and oxygen atoms in total. The van der Waals surface area contributed by atoms with Crippen molar-refractivity contribution >= 4 is 43.2 Å². The number of hydrogen-bond donors (Lipinski definition) is 1. The van der Waals surface area contributed by atoms with Gasteiger partial charge in [-0.1, -0.05) is 12.1 Å². The van der Waals surface area contributed by atoms with Crippen LogP contribution >= 0.6 is 43.2 Å². The second-order valence-corrected chi connectivity index (χ2v) is 7.02. The van der Waals surface area contributed by atoms with Gasteiger partial charge in [0.15, 0.2) is 0 Å². The van der Waals surface area contributed by atoms with Crippen molar-refractivity contribution in [3.8, 4) is 5.75 Å². The zero-order chi connectivity index (χ0) is 13.1. The van der Waals surface area contributed by atoms with E-state index in [4.69, 9.17) is 4.74 Å². The zero-order valence-electron chi connectivity index (χ0n) is 10.0. The first-order valence-electron chi connectivity index (χ1n) is 5.41. The van der Waals surface area contributed by atoms with Crippen LogP contribution in [0.25, 0.3) is 0 Å². The third-order valence-electron chi connectivity index (χ3n) is 2.66. The molecule has 1 heterocycles. The molecule has 1 atom stereocenters. The molecule has 2 aromatic rings. The average Bonchev–Trinajstić information content (AvgIpc) is 2.70. The van der Waals surface area contributed by atoms with Crippen LogP contribution in [0.1, 0.15) is 16.5 Å². The van der Waals surface area contributed by atoms with E-state index in [1.54, 1.807) is 18.4 Å². The van der Waals surface area contributed by atoms with Crippen LogP contribution in [0, 0.1) is 0 Å². The Hall–Kier alpha value is -0.360. The predicted octanol–water partition coefficient (Wildman–Crippen LogP) is 4.59. The minimum Gasteiger partial charge on any atom is -0.497 e. The van der Waals surface area contributed by atoms with Crippen molar-refractivity contribution < 1.29 is 4.74 Å². The van der Waals surface area contributed by atoms with E-state index in [0.29, 0.717) is 0 Å². The van der Waals surface area contributed by atoms with Gasteiger partial charge in [0.1, 0.15) is 5.75 Å². The van der Waals surface area contributed by atoms with E-state index in [1.807, 2.05) is 19.2 Å². The van der Waals surface area contributed by atoms with E-state index in [0.717, 1.165) is 14.0 Å². The molecule has 0 aliphatic rings. The average molecular weight is 391 g/mol. The number of methoxy groups -OCH3 is 1. The maximum atomic E-state index is 5.27. The van der Waals surface area contributed by atoms with Crippen LogP contribution in [-0.4, -0.2) is 14.2 Å². The third kappa shape index (κ3) is 2.96. The lowest BCUT2D eigenvalue weighted by atomic mass is 10.1. The predicted molar refractivity (Wildman–Crippen MR) is 83.6 cm³/mol. The summed E-state index contributed by atoms with van der Waals surface area (Å²) in [7, 11) is 3.65. The molecule has 18 heavy (non-hydrogen) atoms. The summed E-state index contributed by atoms with van der Waals surface area (Å²) >= 11 is 8.78. The van der Waals surface area contributed by atoms with Crippen molar-refractivity contribution in [3.63, 3.8) is 0 Å². The normalized spacial score (nSPS) is 12.4. The summed E-state index contributed by atoms with van der Waals surface area (Å²) < 4.78 is 7.47. The smallest absolute Gasteiger partial charge is 0.119 e. The molecular weight excluding hydrogens is 378 g/mol. The van der Waals surface area contributed by atoms with Crippen LogP contribution in [0.5, 0.6) is 5.75 Å². The Morgan fingerprint density at radius 2 is 2.06 bits per heavy atom. The Bertz CT molecular complexity index is 522. The maximum absolute atomic E-state index is 5.27. The van der Waals surface area contributed by atoms with Gasteiger partial charge < -0.3 is 10.1 Å². The SMILES string of the molecule is CNC(c1cccc(OC)c1)c1cc(Br)c(Br)s1. The van der Waals surface area contributed by atoms with Crippen LogP contribution in [-0.2, 0) is 0 Å². The van der Waals surface area contributed by atoms with Gasteiger partial charge in [-0.3, -0.25) is 0 Å². The molecule has 0 bridgehead atoms. The quantitative estimate of drug-likeness (QED) is 0.824. The van der Waals surface area contributed by atoms with E-state index in [1.165, 1.54) is 10.4 Å². The highest BCUT2D eigenvalue weighted by atomic mass is 79.9. The highest BCUT2D eigenvalue weighted by Gasteiger charge is 2.16. The first-order chi connectivity index (χ1) is 8.65. The standard InChI is InChI=1S/C13H13Br2NOS/c1-16-12(11-7-10(14)13(15)18-11)8-4-3-5-9(6-8)17-2/h3-7,12,16H,1-2H3. The Morgan fingerprint density at radius 3 is 2.61 bits per heavy atom. The Morgan fingerprint density at radius 1 is 1.28 bits per heavy atom. The lowest BCUT2D eigenvalue weighted by Crippen LogP contribution is -2.16. The number of hydrogen-bond acceptors (Lipinski definition) is 3. The van der Waals surface area contributed by atoms with Gasteiger partial charge in [0.05, 0.1) is 16.9 Å². The molecule has 0 radical (unpaired) electrons. The molecule has 1 N–H and O–H groups in total. The molecule has 1 aromatic heterocycles. The van der Waals surface area contributed by atoms with E-state index >= 15 is 0 Å². The summed E-state index contributed by atoms with van der Waals surface area (Å²) in [6.45, 7) is 0. The molecule has 1 aromatic carbocycles. The molecule has 0 amide bonds. The van der Waals surface area contributed by atoms with Crippen LogP contribution in [0.15, 0.2) is 38.6 Å². The molecule has 5 heteroatoms. The number of thiophene rings is 1. The fraction of sp³-hybridized carbons (Fsp3) is 0.231. The summed E-state index contributed by atoms with van der Waals surface area (Å²) in [5.74, 6) is 0.877. The summed E-state index contributed by atoms with van der Waals surface area (Å²) in [6.07, 6.45) is 0. The van der Waals surface area contributed by atoms with E-state index in [-0.39, 0.29) is 6.04 Å². The molecule has 0 aliphatic heterocycles. The first kappa shape index (κ1) is 14.1. The topological polar surface area (TPSA) is 21.3 Å². The highest BCUT2D eigenvalue weighted by molar-refractivity contribution is 9.13. The van der Waals surface area contributed by atoms with Gasteiger partial charge in [-0.15, -0.1) is 11.3 Å². The Kier molecular flexibility index (Phi) is 4.84.